The van der Waals surface area contributed by atoms with Gasteiger partial charge < -0.3 is 5.11 Å². The van der Waals surface area contributed by atoms with Crippen molar-refractivity contribution in [3.63, 3.8) is 0 Å². The van der Waals surface area contributed by atoms with Crippen LogP contribution in [0, 0.1) is 12.7 Å². The summed E-state index contributed by atoms with van der Waals surface area (Å²) in [7, 11) is -3.77. The highest BCUT2D eigenvalue weighted by atomic mass is 32.2. The average molecular weight is 455 g/mol. The second-order valence-corrected chi connectivity index (χ2v) is 11.8. The van der Waals surface area contributed by atoms with Crippen LogP contribution in [0.5, 0.6) is 0 Å². The second-order valence-electron chi connectivity index (χ2n) is 8.77. The number of hydrogen-bond acceptors (Lipinski definition) is 4. The molecular weight excluding hydrogens is 423 g/mol. The molecule has 0 aliphatic rings. The van der Waals surface area contributed by atoms with Gasteiger partial charge in [-0.1, -0.05) is 45.4 Å². The standard InChI is InChI=1S/C22H31FN2O3S2/c1-12(2)15-8-14(5)9-16(13(3)4)17(15)10-20(26)25-30(24,28)21-18(23)11-19(29-21)22(6,7)27/h8-9,11-13,27H,10H2,1-7H3,(H2,24,25,26,28). The lowest BCUT2D eigenvalue weighted by molar-refractivity contribution is -0.117. The SMILES string of the molecule is Cc1cc(C(C)C)c(CC(=O)N=S(N)(=O)c2sc(C(C)(C)O)cc2F)c(C(C)C)c1. The predicted molar refractivity (Wildman–Crippen MR) is 121 cm³/mol. The van der Waals surface area contributed by atoms with E-state index >= 15 is 0 Å². The van der Waals surface area contributed by atoms with Gasteiger partial charge in [-0.15, -0.1) is 15.7 Å². The Hall–Kier alpha value is -1.61. The van der Waals surface area contributed by atoms with Crippen LogP contribution in [0.4, 0.5) is 4.39 Å². The van der Waals surface area contributed by atoms with E-state index in [1.54, 1.807) is 0 Å². The van der Waals surface area contributed by atoms with Gasteiger partial charge in [0.1, 0.15) is 0 Å². The van der Waals surface area contributed by atoms with E-state index in [4.69, 9.17) is 5.14 Å². The summed E-state index contributed by atoms with van der Waals surface area (Å²) in [6, 6.07) is 5.18. The summed E-state index contributed by atoms with van der Waals surface area (Å²) in [5, 5.41) is 15.9. The van der Waals surface area contributed by atoms with Gasteiger partial charge in [-0.25, -0.2) is 13.7 Å². The van der Waals surface area contributed by atoms with Crippen LogP contribution >= 0.6 is 11.3 Å². The molecule has 3 N–H and O–H groups in total. The Morgan fingerprint density at radius 3 is 2.10 bits per heavy atom. The number of hydrogen-bond donors (Lipinski definition) is 2. The first-order valence-corrected chi connectivity index (χ1v) is 12.3. The zero-order chi connectivity index (χ0) is 23.0. The van der Waals surface area contributed by atoms with Crippen molar-refractivity contribution < 1.29 is 18.5 Å². The highest BCUT2D eigenvalue weighted by Gasteiger charge is 2.26. The molecule has 1 amide bonds. The summed E-state index contributed by atoms with van der Waals surface area (Å²) in [6.45, 7) is 13.2. The van der Waals surface area contributed by atoms with Crippen molar-refractivity contribution >= 4 is 27.2 Å². The number of aliphatic hydroxyl groups is 1. The second kappa shape index (κ2) is 8.86. The first kappa shape index (κ1) is 24.7. The summed E-state index contributed by atoms with van der Waals surface area (Å²) in [5.41, 5.74) is 2.73. The normalized spacial score (nSPS) is 14.3. The van der Waals surface area contributed by atoms with E-state index in [9.17, 15) is 18.5 Å². The molecule has 0 saturated carbocycles. The minimum absolute atomic E-state index is 0.0547. The number of rotatable bonds is 6. The van der Waals surface area contributed by atoms with E-state index in [1.165, 1.54) is 13.8 Å². The molecule has 0 aliphatic heterocycles. The Morgan fingerprint density at radius 2 is 1.70 bits per heavy atom. The average Bonchev–Trinajstić information content (AvgIpc) is 2.98. The molecule has 1 unspecified atom stereocenters. The van der Waals surface area contributed by atoms with E-state index < -0.39 is 27.2 Å². The molecule has 0 radical (unpaired) electrons. The molecular formula is C22H31FN2O3S2. The van der Waals surface area contributed by atoms with Gasteiger partial charge in [0.15, 0.2) is 19.9 Å². The third-order valence-electron chi connectivity index (χ3n) is 4.80. The zero-order valence-electron chi connectivity index (χ0n) is 18.6. The number of benzene rings is 1. The summed E-state index contributed by atoms with van der Waals surface area (Å²) < 4.78 is 30.7. The molecule has 0 aliphatic carbocycles. The number of thiophene rings is 1. The lowest BCUT2D eigenvalue weighted by atomic mass is 9.85. The van der Waals surface area contributed by atoms with Crippen molar-refractivity contribution in [2.75, 3.05) is 0 Å². The van der Waals surface area contributed by atoms with E-state index in [-0.39, 0.29) is 27.3 Å². The molecule has 1 aromatic carbocycles. The van der Waals surface area contributed by atoms with Gasteiger partial charge in [-0.2, -0.15) is 0 Å². The summed E-state index contributed by atoms with van der Waals surface area (Å²) >= 11 is 0.768. The maximum absolute atomic E-state index is 14.4. The lowest BCUT2D eigenvalue weighted by Gasteiger charge is -2.20. The van der Waals surface area contributed by atoms with Crippen LogP contribution in [0.3, 0.4) is 0 Å². The molecule has 30 heavy (non-hydrogen) atoms. The van der Waals surface area contributed by atoms with E-state index in [1.807, 2.05) is 19.1 Å². The number of nitrogens with two attached hydrogens (primary N) is 1. The van der Waals surface area contributed by atoms with Crippen LogP contribution in [-0.2, 0) is 26.7 Å². The number of nitrogens with zero attached hydrogens (tertiary/aromatic N) is 1. The third-order valence-corrected chi connectivity index (χ3v) is 8.18. The Balaban J connectivity index is 2.50. The Kier molecular flexibility index (Phi) is 7.29. The highest BCUT2D eigenvalue weighted by Crippen LogP contribution is 2.34. The summed E-state index contributed by atoms with van der Waals surface area (Å²) in [6.07, 6.45) is -0.0547. The van der Waals surface area contributed by atoms with Gasteiger partial charge >= 0.3 is 0 Å². The van der Waals surface area contributed by atoms with Crippen molar-refractivity contribution in [2.45, 2.75) is 76.5 Å². The van der Waals surface area contributed by atoms with Crippen LogP contribution in [0.1, 0.15) is 80.5 Å². The number of aryl methyl sites for hydroxylation is 1. The van der Waals surface area contributed by atoms with Crippen LogP contribution in [0.25, 0.3) is 0 Å². The fraction of sp³-hybridized carbons (Fsp3) is 0.500. The van der Waals surface area contributed by atoms with Crippen LogP contribution < -0.4 is 5.14 Å². The molecule has 1 atom stereocenters. The van der Waals surface area contributed by atoms with Crippen molar-refractivity contribution in [3.05, 3.63) is 51.1 Å². The maximum Gasteiger partial charge on any atom is 0.259 e. The van der Waals surface area contributed by atoms with Gasteiger partial charge in [0, 0.05) is 4.88 Å². The monoisotopic (exact) mass is 454 g/mol. The summed E-state index contributed by atoms with van der Waals surface area (Å²) in [4.78, 5) is 13.0. The van der Waals surface area contributed by atoms with Crippen molar-refractivity contribution in [1.82, 2.24) is 0 Å². The van der Waals surface area contributed by atoms with Gasteiger partial charge in [-0.05, 0) is 55.4 Å². The topological polar surface area (TPSA) is 92.8 Å². The van der Waals surface area contributed by atoms with Crippen LogP contribution in [0.15, 0.2) is 26.8 Å². The van der Waals surface area contributed by atoms with Crippen molar-refractivity contribution in [1.29, 1.82) is 0 Å². The Bertz CT molecular complexity index is 1040. The quantitative estimate of drug-likeness (QED) is 0.633. The molecule has 0 spiro atoms. The molecule has 0 fully saturated rings. The molecule has 1 heterocycles. The lowest BCUT2D eigenvalue weighted by Crippen LogP contribution is -2.17. The van der Waals surface area contributed by atoms with Crippen LogP contribution in [-0.4, -0.2) is 15.2 Å². The molecule has 1 aromatic heterocycles. The van der Waals surface area contributed by atoms with Crippen LogP contribution in [0.2, 0.25) is 0 Å². The molecule has 2 aromatic rings. The molecule has 0 saturated heterocycles. The van der Waals surface area contributed by atoms with E-state index in [0.717, 1.165) is 39.7 Å². The first-order chi connectivity index (χ1) is 13.6. The first-order valence-electron chi connectivity index (χ1n) is 9.86. The largest absolute Gasteiger partial charge is 0.385 e. The maximum atomic E-state index is 14.4. The number of halogens is 1. The smallest absolute Gasteiger partial charge is 0.259 e. The number of amides is 1. The minimum Gasteiger partial charge on any atom is -0.385 e. The third kappa shape index (κ3) is 5.55. The molecule has 0 bridgehead atoms. The van der Waals surface area contributed by atoms with Gasteiger partial charge in [-0.3, -0.25) is 4.79 Å². The van der Waals surface area contributed by atoms with Gasteiger partial charge in [0.2, 0.25) is 0 Å². The van der Waals surface area contributed by atoms with E-state index in [2.05, 4.69) is 32.1 Å². The Morgan fingerprint density at radius 1 is 1.20 bits per heavy atom. The molecule has 166 valence electrons. The molecule has 8 heteroatoms. The Labute approximate surface area is 182 Å². The molecule has 5 nitrogen and oxygen atoms in total. The zero-order valence-corrected chi connectivity index (χ0v) is 20.2. The van der Waals surface area contributed by atoms with Gasteiger partial charge in [0.25, 0.3) is 5.91 Å². The predicted octanol–water partition coefficient (Wildman–Crippen LogP) is 5.14. The summed E-state index contributed by atoms with van der Waals surface area (Å²) in [5.74, 6) is -1.11. The van der Waals surface area contributed by atoms with Crippen molar-refractivity contribution in [2.24, 2.45) is 9.50 Å². The minimum atomic E-state index is -3.77. The highest BCUT2D eigenvalue weighted by molar-refractivity contribution is 7.93. The fourth-order valence-electron chi connectivity index (χ4n) is 3.34. The number of carbonyl (C=O) groups excluding carboxylic acids is 1. The van der Waals surface area contributed by atoms with Crippen molar-refractivity contribution in [3.8, 4) is 0 Å². The van der Waals surface area contributed by atoms with Gasteiger partial charge in [0.05, 0.1) is 12.0 Å². The van der Waals surface area contributed by atoms with E-state index in [0.29, 0.717) is 0 Å². The fourth-order valence-corrected chi connectivity index (χ4v) is 5.75. The molecule has 2 rings (SSSR count). The number of carbonyl (C=O) groups is 1.